The summed E-state index contributed by atoms with van der Waals surface area (Å²) in [5.41, 5.74) is 3.74. The highest BCUT2D eigenvalue weighted by Crippen LogP contribution is 2.36. The second kappa shape index (κ2) is 8.50. The smallest absolute Gasteiger partial charge is 0.233 e. The number of aryl methyl sites for hydroxylation is 2. The lowest BCUT2D eigenvalue weighted by Crippen LogP contribution is -2.31. The van der Waals surface area contributed by atoms with Crippen LogP contribution in [-0.4, -0.2) is 18.0 Å². The van der Waals surface area contributed by atoms with E-state index in [-0.39, 0.29) is 12.3 Å². The first-order chi connectivity index (χ1) is 14.5. The van der Waals surface area contributed by atoms with E-state index >= 15 is 0 Å². The van der Waals surface area contributed by atoms with Gasteiger partial charge >= 0.3 is 0 Å². The Hall–Kier alpha value is -2.83. The Labute approximate surface area is 183 Å². The van der Waals surface area contributed by atoms with Gasteiger partial charge in [0.15, 0.2) is 5.13 Å². The number of methoxy groups -OCH3 is 1. The fourth-order valence-electron chi connectivity index (χ4n) is 3.35. The van der Waals surface area contributed by atoms with Gasteiger partial charge in [-0.15, -0.1) is 0 Å². The molecule has 0 bridgehead atoms. The summed E-state index contributed by atoms with van der Waals surface area (Å²) in [5, 5.41) is 1.24. The monoisotopic (exact) mass is 440 g/mol. The molecule has 30 heavy (non-hydrogen) atoms. The predicted octanol–water partition coefficient (Wildman–Crippen LogP) is 5.94. The Kier molecular flexibility index (Phi) is 5.79. The van der Waals surface area contributed by atoms with Crippen molar-refractivity contribution in [1.29, 1.82) is 0 Å². The van der Waals surface area contributed by atoms with Gasteiger partial charge in [0.1, 0.15) is 11.5 Å². The van der Waals surface area contributed by atoms with E-state index in [9.17, 15) is 4.79 Å². The van der Waals surface area contributed by atoms with E-state index in [4.69, 9.17) is 25.7 Å². The predicted molar refractivity (Wildman–Crippen MR) is 121 cm³/mol. The summed E-state index contributed by atoms with van der Waals surface area (Å²) in [7, 11) is 1.64. The summed E-state index contributed by atoms with van der Waals surface area (Å²) in [6, 6.07) is 13.2. The molecule has 0 N–H and O–H groups in total. The van der Waals surface area contributed by atoms with E-state index in [0.717, 1.165) is 32.7 Å². The summed E-state index contributed by atoms with van der Waals surface area (Å²) in [6.07, 6.45) is 1.85. The highest BCUT2D eigenvalue weighted by molar-refractivity contribution is 7.23. The lowest BCUT2D eigenvalue weighted by atomic mass is 10.1. The number of amides is 1. The quantitative estimate of drug-likeness (QED) is 0.372. The summed E-state index contributed by atoms with van der Waals surface area (Å²) in [6.45, 7) is 4.25. The van der Waals surface area contributed by atoms with Crippen LogP contribution in [0, 0.1) is 13.8 Å². The minimum atomic E-state index is -0.0659. The molecule has 0 fully saturated rings. The van der Waals surface area contributed by atoms with Crippen molar-refractivity contribution >= 4 is 44.2 Å². The third-order valence-electron chi connectivity index (χ3n) is 4.93. The number of thiazole rings is 1. The van der Waals surface area contributed by atoms with Gasteiger partial charge in [-0.3, -0.25) is 9.69 Å². The van der Waals surface area contributed by atoms with Crippen LogP contribution < -0.4 is 9.64 Å². The first-order valence-corrected chi connectivity index (χ1v) is 10.7. The number of furan rings is 1. The number of carbonyl (C=O) groups is 1. The zero-order chi connectivity index (χ0) is 21.3. The molecular formula is C23H21ClN2O3S. The molecule has 5 nitrogen and oxygen atoms in total. The van der Waals surface area contributed by atoms with Crippen molar-refractivity contribution in [3.05, 3.63) is 76.2 Å². The zero-order valence-electron chi connectivity index (χ0n) is 16.9. The molecular weight excluding hydrogens is 420 g/mol. The molecule has 7 heteroatoms. The molecule has 0 aliphatic rings. The molecule has 4 rings (SSSR count). The number of rotatable bonds is 6. The number of carbonyl (C=O) groups excluding carboxylic acids is 1. The van der Waals surface area contributed by atoms with Gasteiger partial charge < -0.3 is 9.15 Å². The van der Waals surface area contributed by atoms with Crippen LogP contribution in [0.15, 0.2) is 53.1 Å². The van der Waals surface area contributed by atoms with E-state index in [1.807, 2.05) is 56.3 Å². The number of fused-ring (bicyclic) bond motifs is 1. The van der Waals surface area contributed by atoms with Crippen LogP contribution in [0.25, 0.3) is 10.2 Å². The minimum absolute atomic E-state index is 0.0659. The summed E-state index contributed by atoms with van der Waals surface area (Å²) < 4.78 is 11.7. The Bertz CT molecular complexity index is 1160. The third kappa shape index (κ3) is 4.06. The van der Waals surface area contributed by atoms with Crippen LogP contribution in [0.4, 0.5) is 5.13 Å². The second-order valence-corrected chi connectivity index (χ2v) is 8.46. The largest absolute Gasteiger partial charge is 0.496 e. The van der Waals surface area contributed by atoms with Crippen molar-refractivity contribution in [3.8, 4) is 5.75 Å². The first-order valence-electron chi connectivity index (χ1n) is 9.48. The van der Waals surface area contributed by atoms with Crippen LogP contribution in [-0.2, 0) is 17.8 Å². The van der Waals surface area contributed by atoms with Crippen LogP contribution in [0.5, 0.6) is 5.75 Å². The number of anilines is 1. The number of aromatic nitrogens is 1. The van der Waals surface area contributed by atoms with E-state index in [2.05, 4.69) is 0 Å². The van der Waals surface area contributed by atoms with Gasteiger partial charge in [0.25, 0.3) is 0 Å². The average Bonchev–Trinajstić information content (AvgIpc) is 3.39. The summed E-state index contributed by atoms with van der Waals surface area (Å²) in [5.74, 6) is 1.43. The van der Waals surface area contributed by atoms with Crippen molar-refractivity contribution in [1.82, 2.24) is 4.98 Å². The Balaban J connectivity index is 1.69. The maximum atomic E-state index is 13.3. The van der Waals surface area contributed by atoms with Crippen molar-refractivity contribution in [2.75, 3.05) is 12.0 Å². The molecule has 2 aromatic carbocycles. The lowest BCUT2D eigenvalue weighted by Gasteiger charge is -2.19. The number of hydrogen-bond donors (Lipinski definition) is 0. The van der Waals surface area contributed by atoms with Crippen LogP contribution in [0.1, 0.15) is 22.5 Å². The highest BCUT2D eigenvalue weighted by atomic mass is 35.5. The Morgan fingerprint density at radius 1 is 1.20 bits per heavy atom. The van der Waals surface area contributed by atoms with Gasteiger partial charge in [-0.25, -0.2) is 4.98 Å². The fourth-order valence-corrected chi connectivity index (χ4v) is 4.68. The Morgan fingerprint density at radius 2 is 2.03 bits per heavy atom. The number of hydrogen-bond acceptors (Lipinski definition) is 5. The lowest BCUT2D eigenvalue weighted by molar-refractivity contribution is -0.118. The molecule has 0 unspecified atom stereocenters. The average molecular weight is 441 g/mol. The van der Waals surface area contributed by atoms with Gasteiger partial charge in [0.05, 0.1) is 41.6 Å². The Morgan fingerprint density at radius 3 is 2.70 bits per heavy atom. The molecule has 0 aliphatic heterocycles. The van der Waals surface area contributed by atoms with Crippen molar-refractivity contribution < 1.29 is 13.9 Å². The van der Waals surface area contributed by atoms with E-state index in [1.165, 1.54) is 11.3 Å². The van der Waals surface area contributed by atoms with Crippen molar-refractivity contribution in [2.45, 2.75) is 26.8 Å². The molecule has 2 aromatic heterocycles. The maximum Gasteiger partial charge on any atom is 0.233 e. The molecule has 1 amide bonds. The van der Waals surface area contributed by atoms with E-state index in [0.29, 0.717) is 22.5 Å². The van der Waals surface area contributed by atoms with Crippen LogP contribution >= 0.6 is 22.9 Å². The fraction of sp³-hybridized carbons (Fsp3) is 0.217. The zero-order valence-corrected chi connectivity index (χ0v) is 18.5. The summed E-state index contributed by atoms with van der Waals surface area (Å²) >= 11 is 7.80. The van der Waals surface area contributed by atoms with Gasteiger partial charge in [0, 0.05) is 0 Å². The van der Waals surface area contributed by atoms with Gasteiger partial charge in [-0.1, -0.05) is 41.1 Å². The third-order valence-corrected chi connectivity index (χ3v) is 6.47. The molecule has 0 saturated heterocycles. The second-order valence-electron chi connectivity index (χ2n) is 7.08. The highest BCUT2D eigenvalue weighted by Gasteiger charge is 2.23. The first kappa shape index (κ1) is 20.4. The molecule has 0 aliphatic carbocycles. The molecule has 154 valence electrons. The molecule has 2 heterocycles. The maximum absolute atomic E-state index is 13.3. The number of halogens is 1. The topological polar surface area (TPSA) is 55.6 Å². The van der Waals surface area contributed by atoms with Crippen molar-refractivity contribution in [2.24, 2.45) is 0 Å². The van der Waals surface area contributed by atoms with Gasteiger partial charge in [-0.05, 0) is 54.8 Å². The van der Waals surface area contributed by atoms with Gasteiger partial charge in [0.2, 0.25) is 5.91 Å². The molecule has 0 radical (unpaired) electrons. The molecule has 0 saturated carbocycles. The van der Waals surface area contributed by atoms with E-state index < -0.39 is 0 Å². The number of ether oxygens (including phenoxy) is 1. The van der Waals surface area contributed by atoms with Crippen LogP contribution in [0.2, 0.25) is 5.02 Å². The number of nitrogens with zero attached hydrogens (tertiary/aromatic N) is 2. The van der Waals surface area contributed by atoms with Crippen LogP contribution in [0.3, 0.4) is 0 Å². The minimum Gasteiger partial charge on any atom is -0.496 e. The summed E-state index contributed by atoms with van der Waals surface area (Å²) in [4.78, 5) is 19.7. The molecule has 0 atom stereocenters. The molecule has 4 aromatic rings. The number of benzene rings is 2. The van der Waals surface area contributed by atoms with Gasteiger partial charge in [-0.2, -0.15) is 0 Å². The molecule has 0 spiro atoms. The normalized spacial score (nSPS) is 11.1. The van der Waals surface area contributed by atoms with Crippen molar-refractivity contribution in [3.63, 3.8) is 0 Å². The standard InChI is InChI=1S/C23H21ClN2O3S/c1-14-6-8-18(24)22-21(14)25-23(30-22)26(13-17-5-4-10-29-17)20(27)12-16-7-9-19(28-3)15(2)11-16/h4-11H,12-13H2,1-3H3. The van der Waals surface area contributed by atoms with E-state index in [1.54, 1.807) is 18.3 Å². The SMILES string of the molecule is COc1ccc(CC(=O)N(Cc2ccco2)c2nc3c(C)ccc(Cl)c3s2)cc1C.